The molecule has 0 unspecified atom stereocenters. The Hall–Kier alpha value is -2.39. The molecule has 0 aliphatic heterocycles. The molecule has 0 aliphatic carbocycles. The monoisotopic (exact) mass is 367 g/mol. The molecule has 0 fully saturated rings. The minimum absolute atomic E-state index is 0.342. The zero-order valence-corrected chi connectivity index (χ0v) is 14.8. The van der Waals surface area contributed by atoms with Crippen LogP contribution >= 0.6 is 11.3 Å². The molecule has 2 rings (SSSR count). The molecule has 1 amide bonds. The lowest BCUT2D eigenvalue weighted by Crippen LogP contribution is -2.39. The van der Waals surface area contributed by atoms with E-state index in [1.807, 2.05) is 17.5 Å². The fourth-order valence-electron chi connectivity index (χ4n) is 1.86. The number of benzene rings is 1. The van der Waals surface area contributed by atoms with Crippen LogP contribution in [0.5, 0.6) is 5.75 Å². The van der Waals surface area contributed by atoms with E-state index in [1.165, 1.54) is 24.7 Å². The molecule has 9 heteroatoms. The SMILES string of the molecule is COc1cccc(N(CC(=O)N/N=C\c2cccs2)S(C)(=O)=O)c1. The van der Waals surface area contributed by atoms with Crippen molar-refractivity contribution in [2.75, 3.05) is 24.2 Å². The van der Waals surface area contributed by atoms with E-state index in [0.29, 0.717) is 11.4 Å². The van der Waals surface area contributed by atoms with Gasteiger partial charge in [-0.15, -0.1) is 11.3 Å². The van der Waals surface area contributed by atoms with Gasteiger partial charge in [0.25, 0.3) is 5.91 Å². The Morgan fingerprint density at radius 3 is 2.79 bits per heavy atom. The maximum atomic E-state index is 12.0. The fourth-order valence-corrected chi connectivity index (χ4v) is 3.30. The van der Waals surface area contributed by atoms with Crippen molar-refractivity contribution < 1.29 is 17.9 Å². The Morgan fingerprint density at radius 2 is 2.17 bits per heavy atom. The fraction of sp³-hybridized carbons (Fsp3) is 0.200. The predicted molar refractivity (Wildman–Crippen MR) is 95.2 cm³/mol. The van der Waals surface area contributed by atoms with Crippen LogP contribution in [0.1, 0.15) is 4.88 Å². The second-order valence-electron chi connectivity index (χ2n) is 4.78. The number of hydrazone groups is 1. The summed E-state index contributed by atoms with van der Waals surface area (Å²) in [4.78, 5) is 12.9. The van der Waals surface area contributed by atoms with Crippen LogP contribution in [0.15, 0.2) is 46.9 Å². The van der Waals surface area contributed by atoms with E-state index in [9.17, 15) is 13.2 Å². The maximum Gasteiger partial charge on any atom is 0.260 e. The van der Waals surface area contributed by atoms with Crippen LogP contribution in [-0.4, -0.2) is 40.4 Å². The number of sulfonamides is 1. The minimum atomic E-state index is -3.64. The number of nitrogens with zero attached hydrogens (tertiary/aromatic N) is 2. The summed E-state index contributed by atoms with van der Waals surface area (Å²) < 4.78 is 30.1. The number of ether oxygens (including phenoxy) is 1. The zero-order chi connectivity index (χ0) is 17.6. The van der Waals surface area contributed by atoms with Crippen LogP contribution in [0.4, 0.5) is 5.69 Å². The molecule has 0 atom stereocenters. The second-order valence-corrected chi connectivity index (χ2v) is 7.67. The molecule has 0 bridgehead atoms. The highest BCUT2D eigenvalue weighted by Crippen LogP contribution is 2.22. The summed E-state index contributed by atoms with van der Waals surface area (Å²) in [5.41, 5.74) is 2.66. The molecule has 0 saturated carbocycles. The molecule has 0 aliphatic rings. The molecule has 128 valence electrons. The van der Waals surface area contributed by atoms with Crippen LogP contribution in [0.25, 0.3) is 0 Å². The van der Waals surface area contributed by atoms with E-state index >= 15 is 0 Å². The predicted octanol–water partition coefficient (Wildman–Crippen LogP) is 1.67. The third-order valence-corrected chi connectivity index (χ3v) is 4.90. The molecule has 24 heavy (non-hydrogen) atoms. The van der Waals surface area contributed by atoms with Crippen LogP contribution in [-0.2, 0) is 14.8 Å². The van der Waals surface area contributed by atoms with Crippen molar-refractivity contribution >= 4 is 39.2 Å². The number of rotatable bonds is 7. The van der Waals surface area contributed by atoms with Gasteiger partial charge in [-0.3, -0.25) is 9.10 Å². The minimum Gasteiger partial charge on any atom is -0.497 e. The van der Waals surface area contributed by atoms with Crippen LogP contribution in [0, 0.1) is 0 Å². The van der Waals surface area contributed by atoms with E-state index in [2.05, 4.69) is 10.5 Å². The third kappa shape index (κ3) is 5.07. The number of hydrogen-bond donors (Lipinski definition) is 1. The lowest BCUT2D eigenvalue weighted by Gasteiger charge is -2.21. The second kappa shape index (κ2) is 7.93. The summed E-state index contributed by atoms with van der Waals surface area (Å²) in [5.74, 6) is -0.0478. The van der Waals surface area contributed by atoms with Crippen molar-refractivity contribution in [3.05, 3.63) is 46.7 Å². The van der Waals surface area contributed by atoms with Crippen molar-refractivity contribution in [1.29, 1.82) is 0 Å². The van der Waals surface area contributed by atoms with Crippen molar-refractivity contribution in [3.8, 4) is 5.75 Å². The molecule has 1 heterocycles. The van der Waals surface area contributed by atoms with E-state index < -0.39 is 15.9 Å². The Balaban J connectivity index is 2.10. The zero-order valence-electron chi connectivity index (χ0n) is 13.2. The lowest BCUT2D eigenvalue weighted by molar-refractivity contribution is -0.119. The normalized spacial score (nSPS) is 11.4. The Kier molecular flexibility index (Phi) is 5.93. The van der Waals surface area contributed by atoms with E-state index in [-0.39, 0.29) is 6.54 Å². The average molecular weight is 367 g/mol. The lowest BCUT2D eigenvalue weighted by atomic mass is 10.3. The third-order valence-electron chi connectivity index (χ3n) is 2.95. The molecule has 7 nitrogen and oxygen atoms in total. The van der Waals surface area contributed by atoms with E-state index in [4.69, 9.17) is 4.74 Å². The van der Waals surface area contributed by atoms with Gasteiger partial charge in [0, 0.05) is 10.9 Å². The summed E-state index contributed by atoms with van der Waals surface area (Å²) in [7, 11) is -2.16. The van der Waals surface area contributed by atoms with Gasteiger partial charge < -0.3 is 4.74 Å². The van der Waals surface area contributed by atoms with Gasteiger partial charge in [0.05, 0.1) is 25.3 Å². The quantitative estimate of drug-likeness (QED) is 0.596. The van der Waals surface area contributed by atoms with Gasteiger partial charge >= 0.3 is 0 Å². The van der Waals surface area contributed by atoms with Gasteiger partial charge in [0.2, 0.25) is 10.0 Å². The number of methoxy groups -OCH3 is 1. The average Bonchev–Trinajstić information content (AvgIpc) is 3.05. The first kappa shape index (κ1) is 18.0. The van der Waals surface area contributed by atoms with Gasteiger partial charge in [0.1, 0.15) is 12.3 Å². The smallest absolute Gasteiger partial charge is 0.260 e. The number of amides is 1. The number of hydrogen-bond acceptors (Lipinski definition) is 6. The summed E-state index contributed by atoms with van der Waals surface area (Å²) in [6, 6.07) is 10.2. The first-order valence-electron chi connectivity index (χ1n) is 6.87. The maximum absolute atomic E-state index is 12.0. The molecule has 0 saturated heterocycles. The van der Waals surface area contributed by atoms with Crippen molar-refractivity contribution in [2.45, 2.75) is 0 Å². The van der Waals surface area contributed by atoms with Gasteiger partial charge in [-0.25, -0.2) is 13.8 Å². The van der Waals surface area contributed by atoms with Gasteiger partial charge in [-0.1, -0.05) is 12.1 Å². The standard InChI is InChI=1S/C15H17N3O4S2/c1-22-13-6-3-5-12(9-13)18(24(2,20)21)11-15(19)17-16-10-14-7-4-8-23-14/h3-10H,11H2,1-2H3,(H,17,19)/b16-10-. The molecule has 2 aromatic rings. The van der Waals surface area contributed by atoms with E-state index in [0.717, 1.165) is 15.4 Å². The molecule has 0 spiro atoms. The number of carbonyl (C=O) groups is 1. The number of nitrogens with one attached hydrogen (secondary N) is 1. The summed E-state index contributed by atoms with van der Waals surface area (Å²) in [6.07, 6.45) is 2.54. The Bertz CT molecular complexity index is 817. The van der Waals surface area contributed by atoms with Crippen molar-refractivity contribution in [1.82, 2.24) is 5.43 Å². The van der Waals surface area contributed by atoms with Crippen molar-refractivity contribution in [3.63, 3.8) is 0 Å². The number of thiophene rings is 1. The molecule has 1 aromatic carbocycles. The topological polar surface area (TPSA) is 88.1 Å². The van der Waals surface area contributed by atoms with Gasteiger partial charge in [0.15, 0.2) is 0 Å². The highest BCUT2D eigenvalue weighted by Gasteiger charge is 2.21. The molecule has 1 N–H and O–H groups in total. The van der Waals surface area contributed by atoms with Gasteiger partial charge in [-0.05, 0) is 23.6 Å². The summed E-state index contributed by atoms with van der Waals surface area (Å²) in [5, 5.41) is 5.70. The van der Waals surface area contributed by atoms with Crippen LogP contribution in [0.2, 0.25) is 0 Å². The number of carbonyl (C=O) groups excluding carboxylic acids is 1. The highest BCUT2D eigenvalue weighted by molar-refractivity contribution is 7.92. The largest absolute Gasteiger partial charge is 0.497 e. The molecule has 0 radical (unpaired) electrons. The van der Waals surface area contributed by atoms with E-state index in [1.54, 1.807) is 24.3 Å². The molecular weight excluding hydrogens is 350 g/mol. The van der Waals surface area contributed by atoms with Gasteiger partial charge in [-0.2, -0.15) is 5.10 Å². The molecule has 1 aromatic heterocycles. The number of anilines is 1. The van der Waals surface area contributed by atoms with Crippen LogP contribution in [0.3, 0.4) is 0 Å². The van der Waals surface area contributed by atoms with Crippen LogP contribution < -0.4 is 14.5 Å². The summed E-state index contributed by atoms with van der Waals surface area (Å²) in [6.45, 7) is -0.381. The Morgan fingerprint density at radius 1 is 1.38 bits per heavy atom. The molecular formula is C15H17N3O4S2. The highest BCUT2D eigenvalue weighted by atomic mass is 32.2. The van der Waals surface area contributed by atoms with Crippen molar-refractivity contribution in [2.24, 2.45) is 5.10 Å². The first-order chi connectivity index (χ1) is 11.4. The first-order valence-corrected chi connectivity index (χ1v) is 9.60. The Labute approximate surface area is 144 Å². The summed E-state index contributed by atoms with van der Waals surface area (Å²) >= 11 is 1.47.